The summed E-state index contributed by atoms with van der Waals surface area (Å²) < 4.78 is 2.09. The predicted molar refractivity (Wildman–Crippen MR) is 135 cm³/mol. The number of hydrogen-bond acceptors (Lipinski definition) is 4. The van der Waals surface area contributed by atoms with Crippen LogP contribution in [0.15, 0.2) is 78.2 Å². The molecule has 0 atom stereocenters. The van der Waals surface area contributed by atoms with Crippen molar-refractivity contribution in [1.82, 2.24) is 14.7 Å². The minimum absolute atomic E-state index is 0.796. The molecular formula is C26H27ClN4S. The molecule has 1 aliphatic heterocycles. The fraction of sp³-hybridized carbons (Fsp3) is 0.269. The van der Waals surface area contributed by atoms with E-state index in [2.05, 4.69) is 74.5 Å². The summed E-state index contributed by atoms with van der Waals surface area (Å²) in [6.07, 6.45) is 2.12. The molecule has 164 valence electrons. The summed E-state index contributed by atoms with van der Waals surface area (Å²) in [5.41, 5.74) is 4.72. The highest BCUT2D eigenvalue weighted by Gasteiger charge is 2.17. The van der Waals surface area contributed by atoms with E-state index in [1.54, 1.807) is 11.3 Å². The molecule has 4 nitrogen and oxygen atoms in total. The molecule has 4 aromatic rings. The molecule has 5 rings (SSSR count). The standard InChI is InChI=1S/C26H27ClN4S/c27-21-10-12-23(13-11-21)30-17-15-29(16-18-30)14-4-6-22-20-25(26-9-5-19-32-26)31(28-22)24-7-2-1-3-8-24/h1-3,5,7-13,19-20H,4,6,14-18H2. The highest BCUT2D eigenvalue weighted by atomic mass is 35.5. The maximum absolute atomic E-state index is 6.02. The molecule has 6 heteroatoms. The van der Waals surface area contributed by atoms with E-state index < -0.39 is 0 Å². The normalized spacial score (nSPS) is 14.7. The summed E-state index contributed by atoms with van der Waals surface area (Å²) in [5.74, 6) is 0. The van der Waals surface area contributed by atoms with E-state index in [0.29, 0.717) is 0 Å². The van der Waals surface area contributed by atoms with Crippen molar-refractivity contribution in [2.45, 2.75) is 12.8 Å². The van der Waals surface area contributed by atoms with Gasteiger partial charge in [0, 0.05) is 36.9 Å². The van der Waals surface area contributed by atoms with Crippen LogP contribution >= 0.6 is 22.9 Å². The van der Waals surface area contributed by atoms with Crippen molar-refractivity contribution in [2.24, 2.45) is 0 Å². The van der Waals surface area contributed by atoms with Gasteiger partial charge in [-0.1, -0.05) is 35.9 Å². The van der Waals surface area contributed by atoms with E-state index in [9.17, 15) is 0 Å². The van der Waals surface area contributed by atoms with E-state index in [0.717, 1.165) is 62.0 Å². The Morgan fingerprint density at radius 1 is 0.844 bits per heavy atom. The molecule has 3 heterocycles. The van der Waals surface area contributed by atoms with Crippen molar-refractivity contribution in [3.05, 3.63) is 88.9 Å². The number of anilines is 1. The Labute approximate surface area is 198 Å². The molecule has 1 saturated heterocycles. The zero-order valence-electron chi connectivity index (χ0n) is 18.0. The largest absolute Gasteiger partial charge is 0.369 e. The summed E-state index contributed by atoms with van der Waals surface area (Å²) in [6.45, 7) is 5.43. The fourth-order valence-electron chi connectivity index (χ4n) is 4.28. The van der Waals surface area contributed by atoms with Crippen LogP contribution in [-0.4, -0.2) is 47.4 Å². The second-order valence-corrected chi connectivity index (χ2v) is 9.54. The Morgan fingerprint density at radius 2 is 1.62 bits per heavy atom. The number of halogens is 1. The zero-order chi connectivity index (χ0) is 21.8. The lowest BCUT2D eigenvalue weighted by atomic mass is 10.2. The van der Waals surface area contributed by atoms with Crippen LogP contribution in [0.4, 0.5) is 5.69 Å². The Balaban J connectivity index is 1.18. The van der Waals surface area contributed by atoms with Gasteiger partial charge in [0.25, 0.3) is 0 Å². The zero-order valence-corrected chi connectivity index (χ0v) is 19.6. The Morgan fingerprint density at radius 3 is 2.34 bits per heavy atom. The summed E-state index contributed by atoms with van der Waals surface area (Å²) >= 11 is 7.79. The third-order valence-electron chi connectivity index (χ3n) is 6.01. The first-order chi connectivity index (χ1) is 15.8. The molecule has 0 amide bonds. The topological polar surface area (TPSA) is 24.3 Å². The van der Waals surface area contributed by atoms with Gasteiger partial charge in [-0.15, -0.1) is 11.3 Å². The third-order valence-corrected chi connectivity index (χ3v) is 7.15. The summed E-state index contributed by atoms with van der Waals surface area (Å²) in [6, 6.07) is 25.1. The summed E-state index contributed by atoms with van der Waals surface area (Å²) in [5, 5.41) is 7.89. The van der Waals surface area contributed by atoms with Crippen molar-refractivity contribution >= 4 is 28.6 Å². The second-order valence-electron chi connectivity index (χ2n) is 8.15. The first-order valence-corrected chi connectivity index (χ1v) is 12.4. The molecule has 0 N–H and O–H groups in total. The smallest absolute Gasteiger partial charge is 0.0843 e. The van der Waals surface area contributed by atoms with Gasteiger partial charge in [0.15, 0.2) is 0 Å². The Kier molecular flexibility index (Phi) is 6.58. The molecule has 0 aliphatic carbocycles. The summed E-state index contributed by atoms with van der Waals surface area (Å²) in [4.78, 5) is 6.27. The van der Waals surface area contributed by atoms with Crippen molar-refractivity contribution in [3.8, 4) is 16.3 Å². The predicted octanol–water partition coefficient (Wildman–Crippen LogP) is 6.01. The molecule has 0 saturated carbocycles. The van der Waals surface area contributed by atoms with E-state index in [-0.39, 0.29) is 0 Å². The van der Waals surface area contributed by atoms with Crippen molar-refractivity contribution in [3.63, 3.8) is 0 Å². The van der Waals surface area contributed by atoms with Gasteiger partial charge in [0.1, 0.15) is 0 Å². The lowest BCUT2D eigenvalue weighted by Gasteiger charge is -2.36. The molecule has 2 aromatic carbocycles. The fourth-order valence-corrected chi connectivity index (χ4v) is 5.14. The van der Waals surface area contributed by atoms with Gasteiger partial charge in [-0.3, -0.25) is 4.90 Å². The van der Waals surface area contributed by atoms with Gasteiger partial charge in [0.2, 0.25) is 0 Å². The number of benzene rings is 2. The van der Waals surface area contributed by atoms with Gasteiger partial charge in [-0.2, -0.15) is 5.10 Å². The number of aromatic nitrogens is 2. The van der Waals surface area contributed by atoms with Gasteiger partial charge in [-0.05, 0) is 73.3 Å². The monoisotopic (exact) mass is 462 g/mol. The van der Waals surface area contributed by atoms with Gasteiger partial charge in [-0.25, -0.2) is 4.68 Å². The van der Waals surface area contributed by atoms with Crippen LogP contribution in [0.1, 0.15) is 12.1 Å². The van der Waals surface area contributed by atoms with Crippen LogP contribution in [-0.2, 0) is 6.42 Å². The van der Waals surface area contributed by atoms with Crippen LogP contribution in [0.2, 0.25) is 5.02 Å². The Bertz CT molecular complexity index is 1110. The first kappa shape index (κ1) is 21.3. The third kappa shape index (κ3) is 4.90. The number of rotatable bonds is 7. The van der Waals surface area contributed by atoms with Crippen LogP contribution in [0.25, 0.3) is 16.3 Å². The number of thiophene rings is 1. The van der Waals surface area contributed by atoms with Crippen LogP contribution < -0.4 is 4.90 Å². The molecule has 1 aliphatic rings. The lowest BCUT2D eigenvalue weighted by Crippen LogP contribution is -2.46. The van der Waals surface area contributed by atoms with Crippen LogP contribution in [0, 0.1) is 0 Å². The molecule has 32 heavy (non-hydrogen) atoms. The minimum Gasteiger partial charge on any atom is -0.369 e. The molecule has 0 unspecified atom stereocenters. The molecular weight excluding hydrogens is 436 g/mol. The van der Waals surface area contributed by atoms with E-state index in [1.165, 1.54) is 16.3 Å². The average molecular weight is 463 g/mol. The number of aryl methyl sites for hydroxylation is 1. The van der Waals surface area contributed by atoms with Crippen molar-refractivity contribution < 1.29 is 0 Å². The average Bonchev–Trinajstić information content (AvgIpc) is 3.51. The molecule has 0 bridgehead atoms. The molecule has 2 aromatic heterocycles. The minimum atomic E-state index is 0.796. The SMILES string of the molecule is Clc1ccc(N2CCN(CCCc3cc(-c4cccs4)n(-c4ccccc4)n3)CC2)cc1. The summed E-state index contributed by atoms with van der Waals surface area (Å²) in [7, 11) is 0. The van der Waals surface area contributed by atoms with E-state index in [4.69, 9.17) is 16.7 Å². The maximum Gasteiger partial charge on any atom is 0.0843 e. The highest BCUT2D eigenvalue weighted by molar-refractivity contribution is 7.13. The van der Waals surface area contributed by atoms with E-state index >= 15 is 0 Å². The van der Waals surface area contributed by atoms with Crippen molar-refractivity contribution in [1.29, 1.82) is 0 Å². The quantitative estimate of drug-likeness (QED) is 0.336. The molecule has 0 radical (unpaired) electrons. The Hall–Kier alpha value is -2.60. The first-order valence-electron chi connectivity index (χ1n) is 11.2. The van der Waals surface area contributed by atoms with Crippen LogP contribution in [0.5, 0.6) is 0 Å². The van der Waals surface area contributed by atoms with Gasteiger partial charge in [0.05, 0.1) is 22.0 Å². The number of para-hydroxylation sites is 1. The lowest BCUT2D eigenvalue weighted by molar-refractivity contribution is 0.255. The molecule has 1 fully saturated rings. The maximum atomic E-state index is 6.02. The van der Waals surface area contributed by atoms with Gasteiger partial charge >= 0.3 is 0 Å². The number of hydrogen-bond donors (Lipinski definition) is 0. The van der Waals surface area contributed by atoms with Crippen molar-refractivity contribution in [2.75, 3.05) is 37.6 Å². The number of nitrogens with zero attached hydrogens (tertiary/aromatic N) is 4. The number of piperazine rings is 1. The highest BCUT2D eigenvalue weighted by Crippen LogP contribution is 2.28. The van der Waals surface area contributed by atoms with Gasteiger partial charge < -0.3 is 4.90 Å². The second kappa shape index (κ2) is 9.90. The van der Waals surface area contributed by atoms with Crippen LogP contribution in [0.3, 0.4) is 0 Å². The van der Waals surface area contributed by atoms with E-state index in [1.807, 2.05) is 18.2 Å². The molecule has 0 spiro atoms.